The van der Waals surface area contributed by atoms with Gasteiger partial charge in [0.15, 0.2) is 0 Å². The van der Waals surface area contributed by atoms with Crippen molar-refractivity contribution in [1.82, 2.24) is 0 Å². The summed E-state index contributed by atoms with van der Waals surface area (Å²) >= 11 is 2.37. The second-order valence-corrected chi connectivity index (χ2v) is 4.40. The monoisotopic (exact) mass is 289 g/mol. The number of benzene rings is 1. The topological polar surface area (TPSA) is 72.8 Å². The van der Waals surface area contributed by atoms with Crippen LogP contribution in [0.25, 0.3) is 0 Å². The van der Waals surface area contributed by atoms with Gasteiger partial charge >= 0.3 is 39.7 Å². The molecule has 0 aliphatic rings. The smallest absolute Gasteiger partial charge is 1.00 e. The number of hydrogen-bond donors (Lipinski definition) is 0. The van der Waals surface area contributed by atoms with E-state index in [0.29, 0.717) is 0 Å². The maximum absolute atomic E-state index is 11.0. The molecule has 0 spiro atoms. The van der Waals surface area contributed by atoms with Gasteiger partial charge in [-0.25, -0.2) is 0 Å². The molecule has 0 heterocycles. The van der Waals surface area contributed by atoms with Gasteiger partial charge in [0, 0.05) is 0 Å². The van der Waals surface area contributed by atoms with Crippen molar-refractivity contribution in [2.75, 3.05) is 0 Å². The normalized spacial score (nSPS) is 10.4. The number of rotatable bonds is 3. The summed E-state index contributed by atoms with van der Waals surface area (Å²) in [5.41, 5.74) is 0.161. The molecule has 1 aromatic carbocycles. The first-order valence-corrected chi connectivity index (χ1v) is 5.14. The summed E-state index contributed by atoms with van der Waals surface area (Å²) in [5.74, 6) is 0. The Balaban J connectivity index is 0. The standard InChI is InChI=1S/C6H4BrNO4S.Na.H/c7-12-13(10,11)6-3-1-5(8-9)2-4-6;;/h1-4H;;/q;+1;-1. The molecule has 8 heteroatoms. The van der Waals surface area contributed by atoms with Gasteiger partial charge in [-0.1, -0.05) is 0 Å². The van der Waals surface area contributed by atoms with Crippen LogP contribution >= 0.6 is 16.3 Å². The van der Waals surface area contributed by atoms with Crippen LogP contribution in [0.3, 0.4) is 0 Å². The van der Waals surface area contributed by atoms with Crippen molar-refractivity contribution in [2.24, 2.45) is 5.18 Å². The van der Waals surface area contributed by atoms with Gasteiger partial charge in [-0.15, -0.1) is 4.91 Å². The van der Waals surface area contributed by atoms with Gasteiger partial charge in [0.05, 0.1) is 4.90 Å². The molecule has 0 aliphatic heterocycles. The zero-order valence-electron chi connectivity index (χ0n) is 8.18. The van der Waals surface area contributed by atoms with Gasteiger partial charge in [-0.2, -0.15) is 11.7 Å². The van der Waals surface area contributed by atoms with E-state index in [1.807, 2.05) is 0 Å². The quantitative estimate of drug-likeness (QED) is 0.540. The molecule has 0 aliphatic carbocycles. The first kappa shape index (κ1) is 14.2. The second kappa shape index (κ2) is 5.94. The Morgan fingerprint density at radius 2 is 1.79 bits per heavy atom. The van der Waals surface area contributed by atoms with Gasteiger partial charge < -0.3 is 1.43 Å². The molecule has 14 heavy (non-hydrogen) atoms. The Kier molecular flexibility index (Phi) is 6.03. The van der Waals surface area contributed by atoms with E-state index in [9.17, 15) is 13.3 Å². The summed E-state index contributed by atoms with van der Waals surface area (Å²) in [5, 5.41) is 2.62. The van der Waals surface area contributed by atoms with E-state index in [-0.39, 0.29) is 41.6 Å². The Morgan fingerprint density at radius 3 is 2.14 bits per heavy atom. The predicted molar refractivity (Wildman–Crippen MR) is 50.2 cm³/mol. The van der Waals surface area contributed by atoms with Crippen LogP contribution in [0.2, 0.25) is 0 Å². The first-order chi connectivity index (χ1) is 6.10. The van der Waals surface area contributed by atoms with Crippen LogP contribution in [0.5, 0.6) is 0 Å². The molecule has 0 saturated heterocycles. The predicted octanol–water partition coefficient (Wildman–Crippen LogP) is -0.784. The average Bonchev–Trinajstić information content (AvgIpc) is 2.18. The van der Waals surface area contributed by atoms with Crippen molar-refractivity contribution in [3.05, 3.63) is 29.2 Å². The summed E-state index contributed by atoms with van der Waals surface area (Å²) < 4.78 is 26.1. The number of nitroso groups, excluding NO2 is 1. The van der Waals surface area contributed by atoms with Crippen LogP contribution in [0.1, 0.15) is 1.43 Å². The molecule has 0 radical (unpaired) electrons. The molecular formula is C6H5BrNNaO4S. The minimum Gasteiger partial charge on any atom is -1.00 e. The van der Waals surface area contributed by atoms with Crippen molar-refractivity contribution in [2.45, 2.75) is 4.90 Å². The third-order valence-corrected chi connectivity index (χ3v) is 3.37. The van der Waals surface area contributed by atoms with Crippen molar-refractivity contribution < 1.29 is 42.7 Å². The fourth-order valence-electron chi connectivity index (χ4n) is 0.710. The van der Waals surface area contributed by atoms with Gasteiger partial charge in [0.25, 0.3) is 0 Å². The summed E-state index contributed by atoms with van der Waals surface area (Å²) in [6, 6.07) is 5.03. The molecule has 0 atom stereocenters. The van der Waals surface area contributed by atoms with E-state index in [1.165, 1.54) is 24.3 Å². The summed E-state index contributed by atoms with van der Waals surface area (Å²) in [4.78, 5) is 9.95. The van der Waals surface area contributed by atoms with E-state index in [1.54, 1.807) is 0 Å². The van der Waals surface area contributed by atoms with Crippen molar-refractivity contribution in [3.8, 4) is 0 Å². The fourth-order valence-corrected chi connectivity index (χ4v) is 1.71. The maximum atomic E-state index is 11.0. The SMILES string of the molecule is O=Nc1ccc(S(=O)(=O)OBr)cc1.[H-].[Na+]. The molecular weight excluding hydrogens is 285 g/mol. The molecule has 0 saturated carbocycles. The Morgan fingerprint density at radius 1 is 1.29 bits per heavy atom. The largest absolute Gasteiger partial charge is 1.00 e. The molecule has 0 fully saturated rings. The van der Waals surface area contributed by atoms with Gasteiger partial charge in [-0.05, 0) is 29.4 Å². The summed E-state index contributed by atoms with van der Waals surface area (Å²) in [7, 11) is -3.75. The van der Waals surface area contributed by atoms with Crippen molar-refractivity contribution in [3.63, 3.8) is 0 Å². The summed E-state index contributed by atoms with van der Waals surface area (Å²) in [6.07, 6.45) is 0. The van der Waals surface area contributed by atoms with Crippen LogP contribution in [0, 0.1) is 4.91 Å². The average molecular weight is 290 g/mol. The van der Waals surface area contributed by atoms with Crippen LogP contribution in [-0.2, 0) is 13.4 Å². The van der Waals surface area contributed by atoms with E-state index < -0.39 is 10.1 Å². The van der Waals surface area contributed by atoms with E-state index in [0.717, 1.165) is 0 Å². The van der Waals surface area contributed by atoms with Crippen LogP contribution < -0.4 is 29.6 Å². The summed E-state index contributed by atoms with van der Waals surface area (Å²) in [6.45, 7) is 0. The van der Waals surface area contributed by atoms with Crippen molar-refractivity contribution >= 4 is 32.1 Å². The molecule has 72 valence electrons. The number of nitrogens with zero attached hydrogens (tertiary/aromatic N) is 1. The Labute approximate surface area is 113 Å². The van der Waals surface area contributed by atoms with Crippen LogP contribution in [-0.4, -0.2) is 8.42 Å². The molecule has 5 nitrogen and oxygen atoms in total. The maximum Gasteiger partial charge on any atom is 1.00 e. The van der Waals surface area contributed by atoms with Crippen molar-refractivity contribution in [1.29, 1.82) is 0 Å². The molecule has 0 amide bonds. The number of halogens is 1. The second-order valence-electron chi connectivity index (χ2n) is 2.10. The van der Waals surface area contributed by atoms with Crippen LogP contribution in [0.15, 0.2) is 34.3 Å². The van der Waals surface area contributed by atoms with E-state index >= 15 is 0 Å². The molecule has 0 N–H and O–H groups in total. The minimum absolute atomic E-state index is 0. The third-order valence-electron chi connectivity index (χ3n) is 1.31. The molecule has 0 aromatic heterocycles. The Bertz CT molecular complexity index is 410. The van der Waals surface area contributed by atoms with E-state index in [4.69, 9.17) is 0 Å². The number of hydrogen-bond acceptors (Lipinski definition) is 5. The zero-order valence-corrected chi connectivity index (χ0v) is 11.6. The minimum atomic E-state index is -3.75. The van der Waals surface area contributed by atoms with Gasteiger partial charge in [-0.3, -0.25) is 0 Å². The molecule has 1 aromatic rings. The first-order valence-electron chi connectivity index (χ1n) is 3.09. The van der Waals surface area contributed by atoms with Gasteiger partial charge in [0.1, 0.15) is 21.9 Å². The Hall–Kier alpha value is 0.210. The van der Waals surface area contributed by atoms with E-state index in [2.05, 4.69) is 24.7 Å². The van der Waals surface area contributed by atoms with Gasteiger partial charge in [0.2, 0.25) is 0 Å². The molecule has 0 bridgehead atoms. The molecule has 1 rings (SSSR count). The van der Waals surface area contributed by atoms with Crippen LogP contribution in [0.4, 0.5) is 5.69 Å². The molecule has 0 unspecified atom stereocenters. The third kappa shape index (κ3) is 3.41. The fraction of sp³-hybridized carbons (Fsp3) is 0. The zero-order chi connectivity index (χ0) is 9.90.